The maximum absolute atomic E-state index is 13.2. The summed E-state index contributed by atoms with van der Waals surface area (Å²) in [5, 5.41) is 0. The van der Waals surface area contributed by atoms with Crippen LogP contribution in [0.15, 0.2) is 66.0 Å². The van der Waals surface area contributed by atoms with Crippen LogP contribution >= 0.6 is 0 Å². The van der Waals surface area contributed by atoms with Gasteiger partial charge in [-0.25, -0.2) is 9.59 Å². The Labute approximate surface area is 205 Å². The van der Waals surface area contributed by atoms with Gasteiger partial charge in [-0.05, 0) is 49.7 Å². The number of hydrogen-bond donors (Lipinski definition) is 0. The molecule has 8 nitrogen and oxygen atoms in total. The van der Waals surface area contributed by atoms with Crippen LogP contribution < -0.4 is 14.2 Å². The molecule has 0 radical (unpaired) electrons. The molecule has 8 heteroatoms. The van der Waals surface area contributed by atoms with Gasteiger partial charge < -0.3 is 28.6 Å². The summed E-state index contributed by atoms with van der Waals surface area (Å²) in [6, 6.07) is 12.8. The first kappa shape index (κ1) is 25.7. The molecule has 0 fully saturated rings. The quantitative estimate of drug-likeness (QED) is 0.467. The second-order valence-electron chi connectivity index (χ2n) is 7.67. The van der Waals surface area contributed by atoms with Crippen molar-refractivity contribution < 1.29 is 33.3 Å². The Bertz CT molecular complexity index is 1070. The summed E-state index contributed by atoms with van der Waals surface area (Å²) in [5.41, 5.74) is 2.13. The molecule has 35 heavy (non-hydrogen) atoms. The third kappa shape index (κ3) is 5.95. The van der Waals surface area contributed by atoms with Crippen LogP contribution in [0, 0.1) is 0 Å². The molecule has 2 aromatic rings. The zero-order chi connectivity index (χ0) is 25.4. The smallest absolute Gasteiger partial charge is 0.336 e. The van der Waals surface area contributed by atoms with Crippen LogP contribution in [0.2, 0.25) is 0 Å². The van der Waals surface area contributed by atoms with E-state index in [4.69, 9.17) is 23.7 Å². The first-order valence-corrected chi connectivity index (χ1v) is 11.3. The molecule has 3 rings (SSSR count). The van der Waals surface area contributed by atoms with Crippen molar-refractivity contribution in [3.05, 3.63) is 77.1 Å². The molecule has 0 N–H and O–H groups in total. The lowest BCUT2D eigenvalue weighted by molar-refractivity contribution is -0.139. The topological polar surface area (TPSA) is 83.5 Å². The molecule has 0 unspecified atom stereocenters. The molecular weight excluding hydrogens is 450 g/mol. The predicted molar refractivity (Wildman–Crippen MR) is 130 cm³/mol. The first-order chi connectivity index (χ1) is 16.9. The zero-order valence-electron chi connectivity index (χ0n) is 20.7. The lowest BCUT2D eigenvalue weighted by Gasteiger charge is -2.31. The van der Waals surface area contributed by atoms with Gasteiger partial charge in [-0.1, -0.05) is 12.1 Å². The second kappa shape index (κ2) is 12.0. The van der Waals surface area contributed by atoms with E-state index in [2.05, 4.69) is 0 Å². The minimum Gasteiger partial charge on any atom is -0.497 e. The van der Waals surface area contributed by atoms with Crippen molar-refractivity contribution in [3.8, 4) is 17.2 Å². The molecule has 0 spiro atoms. The molecule has 0 saturated carbocycles. The number of hydrogen-bond acceptors (Lipinski definition) is 8. The zero-order valence-corrected chi connectivity index (χ0v) is 20.7. The SMILES string of the molecule is CCOC(=O)C1=CN(Cc2ccc(OC)cc2)C=C(C(=O)OCC)C1c1cc(OC)ccc1OC. The third-order valence-corrected chi connectivity index (χ3v) is 5.53. The van der Waals surface area contributed by atoms with Crippen LogP contribution in [-0.2, 0) is 25.6 Å². The largest absolute Gasteiger partial charge is 0.497 e. The molecule has 0 saturated heterocycles. The molecule has 1 heterocycles. The van der Waals surface area contributed by atoms with Crippen molar-refractivity contribution in [1.29, 1.82) is 0 Å². The Balaban J connectivity index is 2.14. The number of methoxy groups -OCH3 is 3. The number of ether oxygens (including phenoxy) is 5. The second-order valence-corrected chi connectivity index (χ2v) is 7.67. The summed E-state index contributed by atoms with van der Waals surface area (Å²) in [4.78, 5) is 28.1. The molecule has 0 aromatic heterocycles. The van der Waals surface area contributed by atoms with E-state index in [1.807, 2.05) is 24.3 Å². The molecule has 1 aliphatic heterocycles. The van der Waals surface area contributed by atoms with Crippen molar-refractivity contribution in [2.75, 3.05) is 34.5 Å². The average Bonchev–Trinajstić information content (AvgIpc) is 2.88. The average molecular weight is 482 g/mol. The van der Waals surface area contributed by atoms with E-state index >= 15 is 0 Å². The molecule has 0 bridgehead atoms. The number of benzene rings is 2. The van der Waals surface area contributed by atoms with Gasteiger partial charge in [-0.2, -0.15) is 0 Å². The predicted octanol–water partition coefficient (Wildman–Crippen LogP) is 4.21. The lowest BCUT2D eigenvalue weighted by atomic mass is 9.82. The van der Waals surface area contributed by atoms with E-state index < -0.39 is 17.9 Å². The Kier molecular flexibility index (Phi) is 8.78. The molecule has 1 aliphatic rings. The van der Waals surface area contributed by atoms with Crippen LogP contribution in [0.3, 0.4) is 0 Å². The first-order valence-electron chi connectivity index (χ1n) is 11.3. The minimum atomic E-state index is -0.773. The fraction of sp³-hybridized carbons (Fsp3) is 0.333. The maximum Gasteiger partial charge on any atom is 0.336 e. The molecule has 0 atom stereocenters. The summed E-state index contributed by atoms with van der Waals surface area (Å²) in [6.07, 6.45) is 3.41. The van der Waals surface area contributed by atoms with E-state index in [0.717, 1.165) is 11.3 Å². The van der Waals surface area contributed by atoms with Crippen LogP contribution in [0.5, 0.6) is 17.2 Å². The van der Waals surface area contributed by atoms with Gasteiger partial charge >= 0.3 is 11.9 Å². The van der Waals surface area contributed by atoms with Crippen LogP contribution in [-0.4, -0.2) is 51.4 Å². The van der Waals surface area contributed by atoms with Crippen molar-refractivity contribution in [3.63, 3.8) is 0 Å². The van der Waals surface area contributed by atoms with E-state index in [1.54, 1.807) is 63.6 Å². The van der Waals surface area contributed by atoms with Crippen LogP contribution in [0.1, 0.15) is 30.9 Å². The summed E-state index contributed by atoms with van der Waals surface area (Å²) in [5.74, 6) is -0.0277. The molecular formula is C27H31NO7. The Morgan fingerprint density at radius 3 is 1.80 bits per heavy atom. The van der Waals surface area contributed by atoms with Gasteiger partial charge in [0.1, 0.15) is 17.2 Å². The monoisotopic (exact) mass is 481 g/mol. The number of carbonyl (C=O) groups excluding carboxylic acids is 2. The fourth-order valence-electron chi connectivity index (χ4n) is 3.91. The number of esters is 2. The Morgan fingerprint density at radius 1 is 0.771 bits per heavy atom. The highest BCUT2D eigenvalue weighted by Gasteiger charge is 2.37. The summed E-state index contributed by atoms with van der Waals surface area (Å²) >= 11 is 0. The van der Waals surface area contributed by atoms with Crippen molar-refractivity contribution in [2.24, 2.45) is 0 Å². The van der Waals surface area contributed by atoms with Gasteiger partial charge in [0.2, 0.25) is 0 Å². The molecule has 0 aliphatic carbocycles. The van der Waals surface area contributed by atoms with E-state index in [9.17, 15) is 9.59 Å². The van der Waals surface area contributed by atoms with Gasteiger partial charge in [0.25, 0.3) is 0 Å². The summed E-state index contributed by atoms with van der Waals surface area (Å²) < 4.78 is 27.0. The van der Waals surface area contributed by atoms with Gasteiger partial charge in [-0.3, -0.25) is 0 Å². The summed E-state index contributed by atoms with van der Waals surface area (Å²) in [7, 11) is 4.69. The van der Waals surface area contributed by atoms with Crippen LogP contribution in [0.25, 0.3) is 0 Å². The maximum atomic E-state index is 13.2. The van der Waals surface area contributed by atoms with E-state index in [0.29, 0.717) is 23.6 Å². The Hall–Kier alpha value is -3.94. The molecule has 2 aromatic carbocycles. The van der Waals surface area contributed by atoms with Gasteiger partial charge in [0.05, 0.1) is 51.6 Å². The van der Waals surface area contributed by atoms with E-state index in [1.165, 1.54) is 7.11 Å². The van der Waals surface area contributed by atoms with Gasteiger partial charge in [0, 0.05) is 24.5 Å². The standard InChI is InChI=1S/C27H31NO7/c1-6-34-26(29)22-16-28(15-18-8-10-19(31-3)11-9-18)17-23(27(30)35-7-2)25(22)21-14-20(32-4)12-13-24(21)33-5/h8-14,16-17,25H,6-7,15H2,1-5H3. The Morgan fingerprint density at radius 2 is 1.31 bits per heavy atom. The van der Waals surface area contributed by atoms with E-state index in [-0.39, 0.29) is 24.4 Å². The number of nitrogens with zero attached hydrogens (tertiary/aromatic N) is 1. The van der Waals surface area contributed by atoms with Crippen molar-refractivity contribution in [2.45, 2.75) is 26.3 Å². The lowest BCUT2D eigenvalue weighted by Crippen LogP contribution is -2.29. The van der Waals surface area contributed by atoms with Crippen molar-refractivity contribution in [1.82, 2.24) is 4.90 Å². The third-order valence-electron chi connectivity index (χ3n) is 5.53. The minimum absolute atomic E-state index is 0.190. The highest BCUT2D eigenvalue weighted by atomic mass is 16.5. The normalized spacial score (nSPS) is 13.5. The fourth-order valence-corrected chi connectivity index (χ4v) is 3.91. The highest BCUT2D eigenvalue weighted by molar-refractivity contribution is 5.99. The van der Waals surface area contributed by atoms with Gasteiger partial charge in [0.15, 0.2) is 0 Å². The molecule has 0 amide bonds. The highest BCUT2D eigenvalue weighted by Crippen LogP contribution is 2.42. The van der Waals surface area contributed by atoms with Gasteiger partial charge in [-0.15, -0.1) is 0 Å². The number of carbonyl (C=O) groups is 2. The summed E-state index contributed by atoms with van der Waals surface area (Å²) in [6.45, 7) is 4.27. The van der Waals surface area contributed by atoms with Crippen molar-refractivity contribution >= 4 is 11.9 Å². The van der Waals surface area contributed by atoms with Crippen LogP contribution in [0.4, 0.5) is 0 Å². The number of rotatable bonds is 10. The molecule has 186 valence electrons.